The zero-order valence-corrected chi connectivity index (χ0v) is 10.8. The fraction of sp³-hybridized carbons (Fsp3) is 0.692. The number of allylic oxidation sites excluding steroid dienone is 3. The third-order valence-electron chi connectivity index (χ3n) is 3.72. The number of hydrogen-bond acceptors (Lipinski definition) is 0. The highest BCUT2D eigenvalue weighted by molar-refractivity contribution is 7.18. The maximum atomic E-state index is 3.91. The van der Waals surface area contributed by atoms with Crippen LogP contribution in [0.4, 0.5) is 0 Å². The molecule has 0 saturated heterocycles. The Morgan fingerprint density at radius 3 is 2.57 bits per heavy atom. The van der Waals surface area contributed by atoms with Gasteiger partial charge in [-0.25, -0.2) is 0 Å². The summed E-state index contributed by atoms with van der Waals surface area (Å²) < 4.78 is 0. The molecule has 0 saturated carbocycles. The van der Waals surface area contributed by atoms with Crippen LogP contribution in [0.25, 0.3) is 0 Å². The van der Waals surface area contributed by atoms with Gasteiger partial charge in [0.05, 0.1) is 0 Å². The quantitative estimate of drug-likeness (QED) is 0.617. The van der Waals surface area contributed by atoms with Crippen LogP contribution in [-0.4, -0.2) is 5.66 Å². The lowest BCUT2D eigenvalue weighted by Crippen LogP contribution is -2.30. The number of rotatable bonds is 3. The van der Waals surface area contributed by atoms with Gasteiger partial charge in [-0.05, 0) is 29.7 Å². The first-order valence-electron chi connectivity index (χ1n) is 5.71. The van der Waals surface area contributed by atoms with Gasteiger partial charge in [-0.15, -0.1) is 9.24 Å². The van der Waals surface area contributed by atoms with E-state index in [9.17, 15) is 0 Å². The molecule has 14 heavy (non-hydrogen) atoms. The Kier molecular flexibility index (Phi) is 4.38. The monoisotopic (exact) mass is 210 g/mol. The minimum absolute atomic E-state index is 0.607. The molecule has 0 amide bonds. The summed E-state index contributed by atoms with van der Waals surface area (Å²) in [6, 6.07) is 0. The molecule has 0 N–H and O–H groups in total. The molecule has 0 heterocycles. The molecule has 1 aliphatic carbocycles. The molecule has 0 nitrogen and oxygen atoms in total. The first kappa shape index (κ1) is 12.0. The fourth-order valence-electron chi connectivity index (χ4n) is 2.41. The lowest BCUT2D eigenvalue weighted by atomic mass is 9.73. The maximum Gasteiger partial charge on any atom is 0.00104 e. The maximum absolute atomic E-state index is 3.91. The molecular formula is C13H23P. The van der Waals surface area contributed by atoms with E-state index in [0.717, 1.165) is 17.8 Å². The highest BCUT2D eigenvalue weighted by Gasteiger charge is 2.30. The molecule has 1 heteroatoms. The van der Waals surface area contributed by atoms with Crippen LogP contribution in [-0.2, 0) is 0 Å². The first-order chi connectivity index (χ1) is 6.61. The van der Waals surface area contributed by atoms with Crippen molar-refractivity contribution in [2.45, 2.75) is 39.3 Å². The summed E-state index contributed by atoms with van der Waals surface area (Å²) in [5.41, 5.74) is 2.04. The lowest BCUT2D eigenvalue weighted by molar-refractivity contribution is 0.276. The molecule has 0 aliphatic heterocycles. The third kappa shape index (κ3) is 2.28. The Balaban J connectivity index is 2.86. The van der Waals surface area contributed by atoms with Gasteiger partial charge >= 0.3 is 0 Å². The van der Waals surface area contributed by atoms with Crippen LogP contribution in [0.1, 0.15) is 33.6 Å². The Bertz CT molecular complexity index is 229. The summed E-state index contributed by atoms with van der Waals surface area (Å²) in [5.74, 6) is 2.33. The minimum Gasteiger partial charge on any atom is -0.129 e. The van der Waals surface area contributed by atoms with E-state index in [0.29, 0.717) is 5.66 Å². The summed E-state index contributed by atoms with van der Waals surface area (Å²) in [6.45, 7) is 10.9. The highest BCUT2D eigenvalue weighted by atomic mass is 31.0. The van der Waals surface area contributed by atoms with Crippen molar-refractivity contribution in [2.75, 3.05) is 0 Å². The van der Waals surface area contributed by atoms with E-state index in [2.05, 4.69) is 42.7 Å². The second-order valence-electron chi connectivity index (χ2n) is 4.57. The molecule has 1 aliphatic rings. The van der Waals surface area contributed by atoms with Crippen LogP contribution in [0, 0.1) is 17.8 Å². The van der Waals surface area contributed by atoms with Crippen molar-refractivity contribution in [1.82, 2.24) is 0 Å². The minimum atomic E-state index is 0.607. The first-order valence-corrected chi connectivity index (χ1v) is 6.38. The second-order valence-corrected chi connectivity index (χ2v) is 5.29. The molecule has 80 valence electrons. The lowest BCUT2D eigenvalue weighted by Gasteiger charge is -2.37. The summed E-state index contributed by atoms with van der Waals surface area (Å²) in [7, 11) is 2.97. The summed E-state index contributed by atoms with van der Waals surface area (Å²) in [5, 5.41) is 0. The summed E-state index contributed by atoms with van der Waals surface area (Å²) in [6.07, 6.45) is 7.08. The fourth-order valence-corrected chi connectivity index (χ4v) is 3.01. The average Bonchev–Trinajstić information content (AvgIpc) is 2.19. The molecule has 1 rings (SSSR count). The second kappa shape index (κ2) is 5.12. The van der Waals surface area contributed by atoms with E-state index in [1.54, 1.807) is 0 Å². The van der Waals surface area contributed by atoms with E-state index >= 15 is 0 Å². The summed E-state index contributed by atoms with van der Waals surface area (Å²) >= 11 is 0. The van der Waals surface area contributed by atoms with Crippen molar-refractivity contribution in [3.05, 3.63) is 24.3 Å². The predicted molar refractivity (Wildman–Crippen MR) is 68.5 cm³/mol. The Morgan fingerprint density at radius 1 is 1.43 bits per heavy atom. The van der Waals surface area contributed by atoms with Crippen molar-refractivity contribution in [3.8, 4) is 0 Å². The van der Waals surface area contributed by atoms with Crippen molar-refractivity contribution in [1.29, 1.82) is 0 Å². The molecule has 0 aromatic heterocycles. The smallest absolute Gasteiger partial charge is 0.00104 e. The van der Waals surface area contributed by atoms with E-state index in [-0.39, 0.29) is 0 Å². The van der Waals surface area contributed by atoms with Gasteiger partial charge in [0.2, 0.25) is 0 Å². The van der Waals surface area contributed by atoms with Gasteiger partial charge in [-0.1, -0.05) is 45.9 Å². The molecule has 0 bridgehead atoms. The van der Waals surface area contributed by atoms with Gasteiger partial charge in [0.25, 0.3) is 0 Å². The van der Waals surface area contributed by atoms with Crippen molar-refractivity contribution in [3.63, 3.8) is 0 Å². The molecule has 0 spiro atoms. The van der Waals surface area contributed by atoms with E-state index in [1.165, 1.54) is 18.4 Å². The third-order valence-corrected chi connectivity index (χ3v) is 4.71. The Morgan fingerprint density at radius 2 is 2.07 bits per heavy atom. The number of hydrogen-bond donors (Lipinski definition) is 0. The van der Waals surface area contributed by atoms with Gasteiger partial charge in [0.1, 0.15) is 0 Å². The van der Waals surface area contributed by atoms with E-state index < -0.39 is 0 Å². The SMILES string of the molecule is C=CC1=CC(CCC)C(C)C(C)C1P. The molecule has 0 aromatic rings. The van der Waals surface area contributed by atoms with Crippen LogP contribution < -0.4 is 0 Å². The van der Waals surface area contributed by atoms with Crippen LogP contribution in [0.3, 0.4) is 0 Å². The zero-order chi connectivity index (χ0) is 10.7. The molecule has 0 radical (unpaired) electrons. The normalized spacial score (nSPS) is 37.9. The predicted octanol–water partition coefficient (Wildman–Crippen LogP) is 4.04. The van der Waals surface area contributed by atoms with Gasteiger partial charge < -0.3 is 0 Å². The average molecular weight is 210 g/mol. The van der Waals surface area contributed by atoms with Gasteiger partial charge in [0, 0.05) is 5.66 Å². The molecule has 5 atom stereocenters. The molecule has 5 unspecified atom stereocenters. The largest absolute Gasteiger partial charge is 0.129 e. The van der Waals surface area contributed by atoms with Crippen molar-refractivity contribution < 1.29 is 0 Å². The zero-order valence-electron chi connectivity index (χ0n) is 9.66. The Hall–Kier alpha value is -0.0900. The standard InChI is InChI=1S/C13H23P/c1-5-7-12-8-11(6-2)13(14)10(4)9(12)3/h6,8-10,12-13H,2,5,7,14H2,1,3-4H3. The van der Waals surface area contributed by atoms with Crippen molar-refractivity contribution >= 4 is 9.24 Å². The van der Waals surface area contributed by atoms with Crippen LogP contribution in [0.2, 0.25) is 0 Å². The highest BCUT2D eigenvalue weighted by Crippen LogP contribution is 2.39. The van der Waals surface area contributed by atoms with Gasteiger partial charge in [-0.3, -0.25) is 0 Å². The molecule has 0 aromatic carbocycles. The van der Waals surface area contributed by atoms with Crippen LogP contribution in [0.15, 0.2) is 24.3 Å². The van der Waals surface area contributed by atoms with Gasteiger partial charge in [0.15, 0.2) is 0 Å². The van der Waals surface area contributed by atoms with E-state index in [1.807, 2.05) is 6.08 Å². The molecular weight excluding hydrogens is 187 g/mol. The van der Waals surface area contributed by atoms with Crippen LogP contribution >= 0.6 is 9.24 Å². The van der Waals surface area contributed by atoms with Crippen molar-refractivity contribution in [2.24, 2.45) is 17.8 Å². The van der Waals surface area contributed by atoms with E-state index in [4.69, 9.17) is 0 Å². The molecule has 0 fully saturated rings. The Labute approximate surface area is 91.1 Å². The van der Waals surface area contributed by atoms with Gasteiger partial charge in [-0.2, -0.15) is 0 Å². The van der Waals surface area contributed by atoms with Crippen LogP contribution in [0.5, 0.6) is 0 Å². The summed E-state index contributed by atoms with van der Waals surface area (Å²) in [4.78, 5) is 0. The topological polar surface area (TPSA) is 0 Å².